The minimum Gasteiger partial charge on any atom is -0.347 e. The molecule has 0 amide bonds. The maximum Gasteiger partial charge on any atom is 0.147 e. The number of nitrogens with zero attached hydrogens (tertiary/aromatic N) is 2. The quantitative estimate of drug-likeness (QED) is 0.932. The van der Waals surface area contributed by atoms with Crippen molar-refractivity contribution < 1.29 is 0 Å². The van der Waals surface area contributed by atoms with Gasteiger partial charge in [-0.25, -0.2) is 4.98 Å². The maximum absolute atomic E-state index is 6.44. The van der Waals surface area contributed by atoms with Gasteiger partial charge in [-0.05, 0) is 22.8 Å². The summed E-state index contributed by atoms with van der Waals surface area (Å²) >= 11 is 6.44. The van der Waals surface area contributed by atoms with Gasteiger partial charge in [-0.15, -0.1) is 0 Å². The number of pyridine rings is 1. The van der Waals surface area contributed by atoms with Crippen LogP contribution in [0.1, 0.15) is 30.5 Å². The van der Waals surface area contributed by atoms with Gasteiger partial charge in [-0.2, -0.15) is 0 Å². The molecule has 2 heterocycles. The van der Waals surface area contributed by atoms with Crippen molar-refractivity contribution in [3.63, 3.8) is 0 Å². The molecule has 110 valence electrons. The number of aromatic nitrogens is 1. The summed E-state index contributed by atoms with van der Waals surface area (Å²) in [6.07, 6.45) is 1.92. The minimum atomic E-state index is 0.455. The summed E-state index contributed by atoms with van der Waals surface area (Å²) in [4.78, 5) is 6.80. The van der Waals surface area contributed by atoms with Crippen molar-refractivity contribution in [2.24, 2.45) is 0 Å². The van der Waals surface area contributed by atoms with Crippen LogP contribution in [0, 0.1) is 0 Å². The molecule has 0 aliphatic carbocycles. The average molecular weight is 302 g/mol. The summed E-state index contributed by atoms with van der Waals surface area (Å²) in [7, 11) is 0. The Labute approximate surface area is 131 Å². The lowest BCUT2D eigenvalue weighted by molar-refractivity contribution is 0.588. The molecule has 0 bridgehead atoms. The number of nitrogens with one attached hydrogen (secondary N) is 1. The van der Waals surface area contributed by atoms with Gasteiger partial charge in [0.25, 0.3) is 0 Å². The molecule has 0 unspecified atom stereocenters. The first kappa shape index (κ1) is 14.4. The third-order valence-electron chi connectivity index (χ3n) is 3.73. The van der Waals surface area contributed by atoms with E-state index >= 15 is 0 Å². The minimum absolute atomic E-state index is 0.455. The number of fused-ring (bicyclic) bond motifs is 1. The normalized spacial score (nSPS) is 13.8. The second-order valence-electron chi connectivity index (χ2n) is 5.81. The van der Waals surface area contributed by atoms with Crippen molar-refractivity contribution >= 4 is 17.4 Å². The van der Waals surface area contributed by atoms with Gasteiger partial charge in [0.2, 0.25) is 0 Å². The summed E-state index contributed by atoms with van der Waals surface area (Å²) in [5, 5.41) is 4.11. The molecule has 0 saturated heterocycles. The molecule has 1 aromatic carbocycles. The SMILES string of the molecule is CC(C)NCc1cnc(N2Cc3ccccc3C2)c(Cl)c1. The van der Waals surface area contributed by atoms with Crippen LogP contribution in [0.2, 0.25) is 5.02 Å². The fourth-order valence-corrected chi connectivity index (χ4v) is 2.91. The highest BCUT2D eigenvalue weighted by Crippen LogP contribution is 2.31. The van der Waals surface area contributed by atoms with Gasteiger partial charge in [0.05, 0.1) is 5.02 Å². The Balaban J connectivity index is 1.75. The van der Waals surface area contributed by atoms with Gasteiger partial charge in [0.1, 0.15) is 5.82 Å². The zero-order valence-corrected chi connectivity index (χ0v) is 13.2. The molecule has 2 aromatic rings. The average Bonchev–Trinajstić information content (AvgIpc) is 2.88. The molecule has 3 rings (SSSR count). The van der Waals surface area contributed by atoms with Crippen LogP contribution in [0.25, 0.3) is 0 Å². The molecule has 21 heavy (non-hydrogen) atoms. The highest BCUT2D eigenvalue weighted by molar-refractivity contribution is 6.33. The van der Waals surface area contributed by atoms with E-state index in [2.05, 4.69) is 53.3 Å². The molecule has 3 nitrogen and oxygen atoms in total. The first-order chi connectivity index (χ1) is 10.1. The van der Waals surface area contributed by atoms with E-state index in [0.717, 1.165) is 36.0 Å². The Morgan fingerprint density at radius 1 is 1.24 bits per heavy atom. The van der Waals surface area contributed by atoms with Crippen molar-refractivity contribution in [1.29, 1.82) is 0 Å². The smallest absolute Gasteiger partial charge is 0.147 e. The second-order valence-corrected chi connectivity index (χ2v) is 6.22. The van der Waals surface area contributed by atoms with Crippen LogP contribution >= 0.6 is 11.6 Å². The predicted octanol–water partition coefficient (Wildman–Crippen LogP) is 3.75. The fraction of sp³-hybridized carbons (Fsp3) is 0.353. The molecule has 0 spiro atoms. The van der Waals surface area contributed by atoms with Crippen LogP contribution in [0.5, 0.6) is 0 Å². The largest absolute Gasteiger partial charge is 0.347 e. The van der Waals surface area contributed by atoms with E-state index < -0.39 is 0 Å². The summed E-state index contributed by atoms with van der Waals surface area (Å²) in [5.41, 5.74) is 3.84. The Morgan fingerprint density at radius 3 is 2.48 bits per heavy atom. The summed E-state index contributed by atoms with van der Waals surface area (Å²) in [6.45, 7) is 6.82. The fourth-order valence-electron chi connectivity index (χ4n) is 2.60. The summed E-state index contributed by atoms with van der Waals surface area (Å²) < 4.78 is 0. The van der Waals surface area contributed by atoms with E-state index in [9.17, 15) is 0 Å². The van der Waals surface area contributed by atoms with E-state index in [0.29, 0.717) is 6.04 Å². The van der Waals surface area contributed by atoms with Crippen LogP contribution in [0.4, 0.5) is 5.82 Å². The van der Waals surface area contributed by atoms with E-state index in [1.165, 1.54) is 11.1 Å². The lowest BCUT2D eigenvalue weighted by Crippen LogP contribution is -2.22. The van der Waals surface area contributed by atoms with Gasteiger partial charge >= 0.3 is 0 Å². The third kappa shape index (κ3) is 3.20. The molecule has 0 fully saturated rings. The van der Waals surface area contributed by atoms with Crippen LogP contribution in [-0.4, -0.2) is 11.0 Å². The number of benzene rings is 1. The maximum atomic E-state index is 6.44. The molecule has 0 radical (unpaired) electrons. The van der Waals surface area contributed by atoms with Gasteiger partial charge in [-0.3, -0.25) is 0 Å². The second kappa shape index (κ2) is 6.04. The Kier molecular flexibility index (Phi) is 4.13. The number of hydrogen-bond acceptors (Lipinski definition) is 3. The predicted molar refractivity (Wildman–Crippen MR) is 87.6 cm³/mol. The standard InChI is InChI=1S/C17H20ClN3/c1-12(2)19-8-13-7-16(18)17(20-9-13)21-10-14-5-3-4-6-15(14)11-21/h3-7,9,12,19H,8,10-11H2,1-2H3. The zero-order valence-electron chi connectivity index (χ0n) is 12.4. The van der Waals surface area contributed by atoms with Crippen LogP contribution in [0.15, 0.2) is 36.5 Å². The zero-order chi connectivity index (χ0) is 14.8. The first-order valence-electron chi connectivity index (χ1n) is 7.33. The van der Waals surface area contributed by atoms with E-state index in [1.807, 2.05) is 12.3 Å². The van der Waals surface area contributed by atoms with Crippen LogP contribution in [0.3, 0.4) is 0 Å². The van der Waals surface area contributed by atoms with Gasteiger partial charge < -0.3 is 10.2 Å². The molecule has 1 aliphatic heterocycles. The van der Waals surface area contributed by atoms with Crippen molar-refractivity contribution in [1.82, 2.24) is 10.3 Å². The molecule has 0 saturated carbocycles. The third-order valence-corrected chi connectivity index (χ3v) is 4.01. The molecule has 1 N–H and O–H groups in total. The van der Waals surface area contributed by atoms with Gasteiger partial charge in [-0.1, -0.05) is 49.7 Å². The highest BCUT2D eigenvalue weighted by atomic mass is 35.5. The van der Waals surface area contributed by atoms with E-state index in [1.54, 1.807) is 0 Å². The summed E-state index contributed by atoms with van der Waals surface area (Å²) in [6, 6.07) is 11.0. The van der Waals surface area contributed by atoms with E-state index in [4.69, 9.17) is 11.6 Å². The lowest BCUT2D eigenvalue weighted by Gasteiger charge is -2.18. The van der Waals surface area contributed by atoms with Gasteiger partial charge in [0, 0.05) is 31.9 Å². The van der Waals surface area contributed by atoms with E-state index in [-0.39, 0.29) is 0 Å². The molecule has 4 heteroatoms. The Hall–Kier alpha value is -1.58. The number of rotatable bonds is 4. The van der Waals surface area contributed by atoms with Crippen LogP contribution in [-0.2, 0) is 19.6 Å². The molecular weight excluding hydrogens is 282 g/mol. The van der Waals surface area contributed by atoms with Crippen molar-refractivity contribution in [3.05, 3.63) is 58.2 Å². The van der Waals surface area contributed by atoms with Crippen molar-refractivity contribution in [3.8, 4) is 0 Å². The molecule has 1 aromatic heterocycles. The molecular formula is C17H20ClN3. The summed E-state index contributed by atoms with van der Waals surface area (Å²) in [5.74, 6) is 0.876. The highest BCUT2D eigenvalue weighted by Gasteiger charge is 2.21. The molecule has 1 aliphatic rings. The number of hydrogen-bond donors (Lipinski definition) is 1. The van der Waals surface area contributed by atoms with Crippen molar-refractivity contribution in [2.45, 2.75) is 39.5 Å². The molecule has 0 atom stereocenters. The number of anilines is 1. The Bertz CT molecular complexity index is 615. The number of halogens is 1. The topological polar surface area (TPSA) is 28.2 Å². The Morgan fingerprint density at radius 2 is 1.90 bits per heavy atom. The van der Waals surface area contributed by atoms with Crippen LogP contribution < -0.4 is 10.2 Å². The van der Waals surface area contributed by atoms with Crippen molar-refractivity contribution in [2.75, 3.05) is 4.90 Å². The van der Waals surface area contributed by atoms with Gasteiger partial charge in [0.15, 0.2) is 0 Å². The monoisotopic (exact) mass is 301 g/mol. The first-order valence-corrected chi connectivity index (χ1v) is 7.71. The lowest BCUT2D eigenvalue weighted by atomic mass is 10.1.